The zero-order chi connectivity index (χ0) is 39.2. The van der Waals surface area contributed by atoms with Gasteiger partial charge in [0.1, 0.15) is 0 Å². The molecule has 0 aliphatic heterocycles. The summed E-state index contributed by atoms with van der Waals surface area (Å²) in [6.07, 6.45) is 18.1. The molecule has 0 spiro atoms. The molecule has 2 aliphatic rings. The molecule has 2 nitrogen and oxygen atoms in total. The molecule has 280 valence electrons. The SMILES string of the molecule is C=C(/C=C(/C1=CC=C(c2ccccc2)CC1)c1ccc2c(-c3cc4c(n3C)C=CCC4)cn(-c3ccc(-c4ccccc4)cc3)c2c1C)c1cccc2ccccc12. The Kier molecular flexibility index (Phi) is 9.11. The average molecular weight is 747 g/mol. The summed E-state index contributed by atoms with van der Waals surface area (Å²) in [6, 6.07) is 52.8. The van der Waals surface area contributed by atoms with Crippen LogP contribution in [0.5, 0.6) is 0 Å². The highest BCUT2D eigenvalue weighted by atomic mass is 15.0. The summed E-state index contributed by atoms with van der Waals surface area (Å²) in [6.45, 7) is 7.06. The summed E-state index contributed by atoms with van der Waals surface area (Å²) in [5.41, 5.74) is 19.9. The van der Waals surface area contributed by atoms with Gasteiger partial charge in [-0.3, -0.25) is 0 Å². The van der Waals surface area contributed by atoms with Crippen molar-refractivity contribution in [3.05, 3.63) is 222 Å². The average Bonchev–Trinajstić information content (AvgIpc) is 3.84. The van der Waals surface area contributed by atoms with Crippen molar-refractivity contribution in [3.63, 3.8) is 0 Å². The van der Waals surface area contributed by atoms with Crippen molar-refractivity contribution in [2.75, 3.05) is 0 Å². The van der Waals surface area contributed by atoms with Gasteiger partial charge < -0.3 is 9.13 Å². The number of aromatic nitrogens is 2. The minimum absolute atomic E-state index is 0.947. The lowest BCUT2D eigenvalue weighted by Crippen LogP contribution is -2.01. The standard InChI is InChI=1S/C56H46N2/c1-38(48-23-14-21-44-19-10-12-22-50(44)48)35-52(45-27-25-42(26-28-45)40-15-6-4-7-16-40)49-33-34-51-53(55-36-46-20-11-13-24-54(46)57(55)3)37-58(56(51)39(49)2)47-31-29-43(30-32-47)41-17-8-5-9-18-41/h4-10,12-19,21-25,27,29-37H,1,11,20,26,28H2,2-3H3/b52-35-. The number of allylic oxidation sites excluding steroid dienone is 8. The molecular weight excluding hydrogens is 701 g/mol. The highest BCUT2D eigenvalue weighted by Crippen LogP contribution is 2.43. The lowest BCUT2D eigenvalue weighted by Gasteiger charge is -2.21. The molecule has 0 amide bonds. The van der Waals surface area contributed by atoms with E-state index < -0.39 is 0 Å². The van der Waals surface area contributed by atoms with Crippen LogP contribution in [0, 0.1) is 6.92 Å². The van der Waals surface area contributed by atoms with Crippen LogP contribution in [0.2, 0.25) is 0 Å². The van der Waals surface area contributed by atoms with Crippen LogP contribution in [0.3, 0.4) is 0 Å². The molecule has 2 aromatic heterocycles. The van der Waals surface area contributed by atoms with Crippen LogP contribution in [-0.4, -0.2) is 9.13 Å². The highest BCUT2D eigenvalue weighted by Gasteiger charge is 2.23. The van der Waals surface area contributed by atoms with E-state index in [0.29, 0.717) is 0 Å². The van der Waals surface area contributed by atoms with Gasteiger partial charge in [0.15, 0.2) is 0 Å². The number of fused-ring (bicyclic) bond motifs is 3. The van der Waals surface area contributed by atoms with Gasteiger partial charge in [0.2, 0.25) is 0 Å². The van der Waals surface area contributed by atoms with Crippen LogP contribution in [-0.2, 0) is 13.5 Å². The molecule has 58 heavy (non-hydrogen) atoms. The smallest absolute Gasteiger partial charge is 0.0570 e. The fraction of sp³-hybridized carbons (Fsp3) is 0.107. The van der Waals surface area contributed by atoms with Gasteiger partial charge in [-0.15, -0.1) is 0 Å². The quantitative estimate of drug-likeness (QED) is 0.137. The summed E-state index contributed by atoms with van der Waals surface area (Å²) in [5.74, 6) is 0. The first-order valence-electron chi connectivity index (χ1n) is 20.5. The molecule has 8 aromatic rings. The summed E-state index contributed by atoms with van der Waals surface area (Å²) < 4.78 is 4.81. The Balaban J connectivity index is 1.17. The second-order valence-electron chi connectivity index (χ2n) is 15.8. The lowest BCUT2D eigenvalue weighted by atomic mass is 9.84. The number of hydrogen-bond donors (Lipinski definition) is 0. The molecule has 0 atom stereocenters. The zero-order valence-electron chi connectivity index (χ0n) is 33.3. The van der Waals surface area contributed by atoms with E-state index in [1.165, 1.54) is 88.7 Å². The van der Waals surface area contributed by atoms with Gasteiger partial charge >= 0.3 is 0 Å². The molecule has 0 saturated heterocycles. The summed E-state index contributed by atoms with van der Waals surface area (Å²) in [5, 5.41) is 3.70. The van der Waals surface area contributed by atoms with Crippen LogP contribution >= 0.6 is 0 Å². The first-order valence-corrected chi connectivity index (χ1v) is 20.5. The van der Waals surface area contributed by atoms with E-state index in [2.05, 4.69) is 205 Å². The van der Waals surface area contributed by atoms with Gasteiger partial charge in [-0.25, -0.2) is 0 Å². The van der Waals surface area contributed by atoms with Gasteiger partial charge in [0.05, 0.1) is 11.2 Å². The Morgan fingerprint density at radius 3 is 2.14 bits per heavy atom. The van der Waals surface area contributed by atoms with Crippen molar-refractivity contribution in [2.24, 2.45) is 7.05 Å². The van der Waals surface area contributed by atoms with Gasteiger partial charge in [-0.2, -0.15) is 0 Å². The second-order valence-corrected chi connectivity index (χ2v) is 15.8. The highest BCUT2D eigenvalue weighted by molar-refractivity contribution is 6.04. The maximum atomic E-state index is 4.74. The van der Waals surface area contributed by atoms with Crippen LogP contribution < -0.4 is 0 Å². The Hall–Kier alpha value is -6.90. The normalized spacial score (nSPS) is 14.1. The van der Waals surface area contributed by atoms with E-state index in [-0.39, 0.29) is 0 Å². The molecule has 0 bridgehead atoms. The lowest BCUT2D eigenvalue weighted by molar-refractivity contribution is 0.891. The van der Waals surface area contributed by atoms with Crippen LogP contribution in [0.15, 0.2) is 188 Å². The third-order valence-electron chi connectivity index (χ3n) is 12.4. The molecule has 0 radical (unpaired) electrons. The Bertz CT molecular complexity index is 2990. The third-order valence-corrected chi connectivity index (χ3v) is 12.4. The monoisotopic (exact) mass is 746 g/mol. The molecule has 2 heteroatoms. The Labute approximate surface area is 341 Å². The molecule has 0 fully saturated rings. The Morgan fingerprint density at radius 2 is 1.38 bits per heavy atom. The molecule has 2 aliphatic carbocycles. The van der Waals surface area contributed by atoms with Crippen molar-refractivity contribution in [1.82, 2.24) is 9.13 Å². The third kappa shape index (κ3) is 6.32. The van der Waals surface area contributed by atoms with Crippen LogP contribution in [0.4, 0.5) is 0 Å². The van der Waals surface area contributed by atoms with Gasteiger partial charge in [0, 0.05) is 35.6 Å². The molecule has 2 heterocycles. The van der Waals surface area contributed by atoms with E-state index in [9.17, 15) is 0 Å². The molecule has 0 unspecified atom stereocenters. The van der Waals surface area contributed by atoms with Crippen molar-refractivity contribution in [3.8, 4) is 28.1 Å². The molecular formula is C56H46N2. The fourth-order valence-electron chi connectivity index (χ4n) is 9.28. The largest absolute Gasteiger partial charge is 0.344 e. The van der Waals surface area contributed by atoms with Crippen molar-refractivity contribution in [1.29, 1.82) is 0 Å². The van der Waals surface area contributed by atoms with Gasteiger partial charge in [-0.1, -0.05) is 152 Å². The number of benzene rings is 6. The first-order chi connectivity index (χ1) is 28.5. The second kappa shape index (κ2) is 14.9. The van der Waals surface area contributed by atoms with Crippen molar-refractivity contribution in [2.45, 2.75) is 32.6 Å². The summed E-state index contributed by atoms with van der Waals surface area (Å²) in [7, 11) is 2.22. The minimum Gasteiger partial charge on any atom is -0.344 e. The minimum atomic E-state index is 0.947. The van der Waals surface area contributed by atoms with Crippen LogP contribution in [0.25, 0.3) is 72.5 Å². The van der Waals surface area contributed by atoms with E-state index in [1.54, 1.807) is 0 Å². The van der Waals surface area contributed by atoms with Crippen molar-refractivity contribution >= 4 is 44.5 Å². The maximum absolute atomic E-state index is 4.74. The number of nitrogens with zero attached hydrogens (tertiary/aromatic N) is 2. The van der Waals surface area contributed by atoms with E-state index in [4.69, 9.17) is 6.58 Å². The van der Waals surface area contributed by atoms with Crippen molar-refractivity contribution < 1.29 is 0 Å². The van der Waals surface area contributed by atoms with Gasteiger partial charge in [-0.05, 0) is 135 Å². The molecule has 10 rings (SSSR count). The predicted molar refractivity (Wildman–Crippen MR) is 248 cm³/mol. The topological polar surface area (TPSA) is 9.86 Å². The first kappa shape index (κ1) is 35.5. The number of aryl methyl sites for hydroxylation is 2. The number of rotatable bonds is 8. The summed E-state index contributed by atoms with van der Waals surface area (Å²) in [4.78, 5) is 0. The molecule has 6 aromatic carbocycles. The van der Waals surface area contributed by atoms with Gasteiger partial charge in [0.25, 0.3) is 0 Å². The van der Waals surface area contributed by atoms with E-state index >= 15 is 0 Å². The van der Waals surface area contributed by atoms with E-state index in [0.717, 1.165) is 42.5 Å². The summed E-state index contributed by atoms with van der Waals surface area (Å²) >= 11 is 0. The molecule has 0 saturated carbocycles. The van der Waals surface area contributed by atoms with Crippen LogP contribution in [0.1, 0.15) is 52.8 Å². The molecule has 0 N–H and O–H groups in total. The zero-order valence-corrected chi connectivity index (χ0v) is 33.3. The number of hydrogen-bond acceptors (Lipinski definition) is 0. The maximum Gasteiger partial charge on any atom is 0.0570 e. The Morgan fingerprint density at radius 1 is 0.655 bits per heavy atom. The fourth-order valence-corrected chi connectivity index (χ4v) is 9.28. The van der Waals surface area contributed by atoms with E-state index in [1.807, 2.05) is 0 Å². The predicted octanol–water partition coefficient (Wildman–Crippen LogP) is 14.6.